The minimum atomic E-state index is 0.239. The van der Waals surface area contributed by atoms with Crippen LogP contribution < -0.4 is 20.4 Å². The third-order valence-electron chi connectivity index (χ3n) is 6.07. The molecule has 1 aromatic heterocycles. The van der Waals surface area contributed by atoms with Crippen molar-refractivity contribution in [1.29, 1.82) is 0 Å². The van der Waals surface area contributed by atoms with E-state index in [4.69, 9.17) is 9.73 Å². The maximum atomic E-state index is 5.66. The fourth-order valence-electron chi connectivity index (χ4n) is 4.31. The summed E-state index contributed by atoms with van der Waals surface area (Å²) in [5.41, 5.74) is 3.76. The second-order valence-corrected chi connectivity index (χ2v) is 8.76. The Morgan fingerprint density at radius 1 is 1.16 bits per heavy atom. The first-order chi connectivity index (χ1) is 15.6. The molecule has 0 saturated carbocycles. The van der Waals surface area contributed by atoms with E-state index in [0.717, 1.165) is 57.5 Å². The molecule has 2 aromatic rings. The SMILES string of the molecule is CCNC(=NCc1ccnc(N2CCOC(C)C2)c1)NC1CCN(c2ccc(C)cc2)C1. The Morgan fingerprint density at radius 3 is 2.78 bits per heavy atom. The number of aryl methyl sites for hydroxylation is 1. The van der Waals surface area contributed by atoms with Gasteiger partial charge in [-0.05, 0) is 57.0 Å². The Bertz CT molecular complexity index is 900. The molecule has 0 bridgehead atoms. The topological polar surface area (TPSA) is 65.0 Å². The molecule has 3 heterocycles. The molecule has 2 unspecified atom stereocenters. The fraction of sp³-hybridized carbons (Fsp3) is 0.520. The van der Waals surface area contributed by atoms with Crippen LogP contribution in [0.4, 0.5) is 11.5 Å². The lowest BCUT2D eigenvalue weighted by Crippen LogP contribution is -2.44. The normalized spacial score (nSPS) is 21.7. The van der Waals surface area contributed by atoms with Crippen LogP contribution in [0.15, 0.2) is 47.6 Å². The summed E-state index contributed by atoms with van der Waals surface area (Å²) in [4.78, 5) is 14.2. The summed E-state index contributed by atoms with van der Waals surface area (Å²) < 4.78 is 5.66. The van der Waals surface area contributed by atoms with Crippen LogP contribution in [0.1, 0.15) is 31.4 Å². The summed E-state index contributed by atoms with van der Waals surface area (Å²) in [6.07, 6.45) is 3.23. The van der Waals surface area contributed by atoms with E-state index >= 15 is 0 Å². The minimum Gasteiger partial charge on any atom is -0.375 e. The monoisotopic (exact) mass is 436 g/mol. The summed E-state index contributed by atoms with van der Waals surface area (Å²) in [5, 5.41) is 7.04. The zero-order valence-corrected chi connectivity index (χ0v) is 19.6. The molecule has 1 aromatic carbocycles. The lowest BCUT2D eigenvalue weighted by Gasteiger charge is -2.32. The van der Waals surface area contributed by atoms with Crippen molar-refractivity contribution in [2.45, 2.75) is 45.9 Å². The van der Waals surface area contributed by atoms with Gasteiger partial charge in [0.15, 0.2) is 5.96 Å². The van der Waals surface area contributed by atoms with Crippen molar-refractivity contribution in [1.82, 2.24) is 15.6 Å². The van der Waals surface area contributed by atoms with E-state index in [1.165, 1.54) is 16.8 Å². The molecule has 0 spiro atoms. The first-order valence-corrected chi connectivity index (χ1v) is 11.8. The fourth-order valence-corrected chi connectivity index (χ4v) is 4.31. The van der Waals surface area contributed by atoms with Crippen LogP contribution >= 0.6 is 0 Å². The van der Waals surface area contributed by atoms with Crippen LogP contribution in [0.25, 0.3) is 0 Å². The highest BCUT2D eigenvalue weighted by atomic mass is 16.5. The zero-order valence-electron chi connectivity index (χ0n) is 19.6. The van der Waals surface area contributed by atoms with Gasteiger partial charge in [-0.2, -0.15) is 0 Å². The molecule has 7 nitrogen and oxygen atoms in total. The number of pyridine rings is 1. The molecule has 2 aliphatic heterocycles. The van der Waals surface area contributed by atoms with Gasteiger partial charge in [0, 0.05) is 50.6 Å². The van der Waals surface area contributed by atoms with E-state index in [1.54, 1.807) is 0 Å². The number of ether oxygens (including phenoxy) is 1. The largest absolute Gasteiger partial charge is 0.375 e. The van der Waals surface area contributed by atoms with Gasteiger partial charge < -0.3 is 25.2 Å². The molecule has 0 amide bonds. The van der Waals surface area contributed by atoms with Crippen molar-refractivity contribution >= 4 is 17.5 Å². The number of nitrogens with one attached hydrogen (secondary N) is 2. The third kappa shape index (κ3) is 5.91. The van der Waals surface area contributed by atoms with Crippen LogP contribution in [-0.4, -0.2) is 62.4 Å². The van der Waals surface area contributed by atoms with Crippen LogP contribution in [0, 0.1) is 6.92 Å². The molecule has 0 aliphatic carbocycles. The minimum absolute atomic E-state index is 0.239. The van der Waals surface area contributed by atoms with Crippen molar-refractivity contribution in [3.8, 4) is 0 Å². The molecule has 0 radical (unpaired) electrons. The van der Waals surface area contributed by atoms with E-state index in [2.05, 4.69) is 82.6 Å². The summed E-state index contributed by atoms with van der Waals surface area (Å²) >= 11 is 0. The Kier molecular flexibility index (Phi) is 7.47. The van der Waals surface area contributed by atoms with Gasteiger partial charge in [0.2, 0.25) is 0 Å². The number of guanidine groups is 1. The van der Waals surface area contributed by atoms with Gasteiger partial charge in [-0.3, -0.25) is 0 Å². The number of aliphatic imine (C=N–C) groups is 1. The molecular formula is C25H36N6O. The highest BCUT2D eigenvalue weighted by molar-refractivity contribution is 5.80. The summed E-state index contributed by atoms with van der Waals surface area (Å²) in [6.45, 7) is 12.4. The molecule has 2 saturated heterocycles. The first-order valence-electron chi connectivity index (χ1n) is 11.8. The molecule has 4 rings (SSSR count). The number of hydrogen-bond donors (Lipinski definition) is 2. The Balaban J connectivity index is 1.36. The van der Waals surface area contributed by atoms with Crippen molar-refractivity contribution in [3.05, 3.63) is 53.7 Å². The lowest BCUT2D eigenvalue weighted by molar-refractivity contribution is 0.0529. The summed E-state index contributed by atoms with van der Waals surface area (Å²) in [6, 6.07) is 13.4. The highest BCUT2D eigenvalue weighted by Gasteiger charge is 2.23. The average molecular weight is 437 g/mol. The smallest absolute Gasteiger partial charge is 0.191 e. The number of hydrogen-bond acceptors (Lipinski definition) is 5. The van der Waals surface area contributed by atoms with Crippen LogP contribution in [-0.2, 0) is 11.3 Å². The van der Waals surface area contributed by atoms with Gasteiger partial charge in [0.05, 0.1) is 19.3 Å². The van der Waals surface area contributed by atoms with Crippen LogP contribution in [0.5, 0.6) is 0 Å². The predicted octanol–water partition coefficient (Wildman–Crippen LogP) is 2.95. The maximum Gasteiger partial charge on any atom is 0.191 e. The first kappa shape index (κ1) is 22.4. The third-order valence-corrected chi connectivity index (χ3v) is 6.07. The van der Waals surface area contributed by atoms with Gasteiger partial charge in [-0.15, -0.1) is 0 Å². The van der Waals surface area contributed by atoms with Crippen LogP contribution in [0.2, 0.25) is 0 Å². The van der Waals surface area contributed by atoms with Crippen molar-refractivity contribution in [2.75, 3.05) is 49.1 Å². The van der Waals surface area contributed by atoms with E-state index < -0.39 is 0 Å². The molecule has 2 aliphatic rings. The molecule has 7 heteroatoms. The second kappa shape index (κ2) is 10.7. The van der Waals surface area contributed by atoms with E-state index in [1.807, 2.05) is 6.20 Å². The number of rotatable bonds is 6. The summed E-state index contributed by atoms with van der Waals surface area (Å²) in [7, 11) is 0. The van der Waals surface area contributed by atoms with E-state index in [0.29, 0.717) is 12.6 Å². The number of morpholine rings is 1. The number of nitrogens with zero attached hydrogens (tertiary/aromatic N) is 4. The molecule has 2 fully saturated rings. The van der Waals surface area contributed by atoms with Crippen molar-refractivity contribution in [2.24, 2.45) is 4.99 Å². The number of benzene rings is 1. The molecule has 2 atom stereocenters. The standard InChI is InChI=1S/C25H36N6O/c1-4-26-25(29-22-10-12-30(18-22)23-7-5-19(2)6-8-23)28-16-21-9-11-27-24(15-21)31-13-14-32-20(3)17-31/h5-9,11,15,20,22H,4,10,12-14,16-18H2,1-3H3,(H2,26,28,29). The van der Waals surface area contributed by atoms with Crippen LogP contribution in [0.3, 0.4) is 0 Å². The maximum absolute atomic E-state index is 5.66. The number of anilines is 2. The number of aromatic nitrogens is 1. The van der Waals surface area contributed by atoms with E-state index in [9.17, 15) is 0 Å². The second-order valence-electron chi connectivity index (χ2n) is 8.76. The van der Waals surface area contributed by atoms with Gasteiger partial charge >= 0.3 is 0 Å². The Morgan fingerprint density at radius 2 is 2.00 bits per heavy atom. The van der Waals surface area contributed by atoms with Gasteiger partial charge in [-0.1, -0.05) is 17.7 Å². The average Bonchev–Trinajstić information content (AvgIpc) is 3.27. The quantitative estimate of drug-likeness (QED) is 0.536. The molecule has 2 N–H and O–H groups in total. The Labute approximate surface area is 191 Å². The highest BCUT2D eigenvalue weighted by Crippen LogP contribution is 2.21. The van der Waals surface area contributed by atoms with Gasteiger partial charge in [0.1, 0.15) is 5.82 Å². The van der Waals surface area contributed by atoms with E-state index in [-0.39, 0.29) is 6.10 Å². The van der Waals surface area contributed by atoms with Gasteiger partial charge in [0.25, 0.3) is 0 Å². The predicted molar refractivity (Wildman–Crippen MR) is 132 cm³/mol. The molecule has 172 valence electrons. The summed E-state index contributed by atoms with van der Waals surface area (Å²) in [5.74, 6) is 1.89. The van der Waals surface area contributed by atoms with Crippen molar-refractivity contribution < 1.29 is 4.74 Å². The molecular weight excluding hydrogens is 400 g/mol. The van der Waals surface area contributed by atoms with Gasteiger partial charge in [-0.25, -0.2) is 9.98 Å². The Hall–Kier alpha value is -2.80. The molecule has 32 heavy (non-hydrogen) atoms. The van der Waals surface area contributed by atoms with Crippen molar-refractivity contribution in [3.63, 3.8) is 0 Å². The lowest BCUT2D eigenvalue weighted by atomic mass is 10.2. The zero-order chi connectivity index (χ0) is 22.3.